The van der Waals surface area contributed by atoms with Gasteiger partial charge in [-0.2, -0.15) is 0 Å². The summed E-state index contributed by atoms with van der Waals surface area (Å²) in [6.07, 6.45) is 12.5. The van der Waals surface area contributed by atoms with Crippen LogP contribution >= 0.6 is 0 Å². The number of nitrogen functional groups attached to an aromatic ring is 1. The van der Waals surface area contributed by atoms with Crippen molar-refractivity contribution < 1.29 is 0 Å². The molecule has 0 saturated carbocycles. The molecule has 77 heavy (non-hydrogen) atoms. The van der Waals surface area contributed by atoms with Gasteiger partial charge in [0.2, 0.25) is 0 Å². The summed E-state index contributed by atoms with van der Waals surface area (Å²) >= 11 is 0. The van der Waals surface area contributed by atoms with E-state index in [1.807, 2.05) is 61.5 Å². The number of hydrogen-bond donors (Lipinski definition) is 1. The molecule has 0 aliphatic rings. The van der Waals surface area contributed by atoms with E-state index < -0.39 is 0 Å². The minimum atomic E-state index is 0.258. The number of allylic oxidation sites excluding steroid dienone is 6. The molecule has 2 N–H and O–H groups in total. The molecule has 0 saturated heterocycles. The van der Waals surface area contributed by atoms with E-state index in [2.05, 4.69) is 269 Å². The van der Waals surface area contributed by atoms with Gasteiger partial charge in [0.1, 0.15) is 0 Å². The van der Waals surface area contributed by atoms with Crippen molar-refractivity contribution in [1.82, 2.24) is 0 Å². The largest absolute Gasteiger partial charge is 0.399 e. The smallest absolute Gasteiger partial charge is 0.0671 e. The lowest BCUT2D eigenvalue weighted by molar-refractivity contribution is 0.718. The highest BCUT2D eigenvalue weighted by molar-refractivity contribution is 6.01. The van der Waals surface area contributed by atoms with Gasteiger partial charge < -0.3 is 5.73 Å². The highest BCUT2D eigenvalue weighted by Gasteiger charge is 2.13. The van der Waals surface area contributed by atoms with Crippen LogP contribution in [0.25, 0.3) is 66.9 Å². The highest BCUT2D eigenvalue weighted by atomic mass is 14.8. The van der Waals surface area contributed by atoms with Gasteiger partial charge in [0, 0.05) is 17.3 Å². The minimum absolute atomic E-state index is 0.258. The zero-order valence-electron chi connectivity index (χ0n) is 44.6. The van der Waals surface area contributed by atoms with Gasteiger partial charge in [0.05, 0.1) is 5.70 Å². The fourth-order valence-electron chi connectivity index (χ4n) is 9.24. The van der Waals surface area contributed by atoms with E-state index in [4.69, 9.17) is 10.7 Å². The van der Waals surface area contributed by atoms with Gasteiger partial charge in [0.15, 0.2) is 0 Å². The predicted molar refractivity (Wildman–Crippen MR) is 335 cm³/mol. The van der Waals surface area contributed by atoms with E-state index in [0.717, 1.165) is 52.2 Å². The molecule has 10 aromatic carbocycles. The van der Waals surface area contributed by atoms with Crippen molar-refractivity contribution >= 4 is 22.7 Å². The standard InChI is InChI=1S/C38H36N2.C19H18.C18H14/c1-3-10-36(34-17-15-31(16-18-34)30-13-8-5-9-14-30)27-38(40-28(2)29-11-6-4-7-12-29)35-21-19-32(20-22-35)33-23-25-37(39)26-24-33;1-3-9-16(10-4-2)18-13-8-14-19(15-18)17-11-6-5-7-12-17;1-3-8-15(9-4-1)17-12-7-13-18(14-17)16-10-5-2-6-11-16/h4-9,11-27,36H,3,10,39H2,1-2H3;3-15H,1H2,2H3;1-14H/b38-27-,40-28?;10-4-,16-9+;. The molecule has 1 atom stereocenters. The molecule has 0 aliphatic heterocycles. The lowest BCUT2D eigenvalue weighted by Gasteiger charge is -2.16. The summed E-state index contributed by atoms with van der Waals surface area (Å²) in [6.45, 7) is 10.1. The van der Waals surface area contributed by atoms with Gasteiger partial charge in [-0.3, -0.25) is 4.99 Å². The predicted octanol–water partition coefficient (Wildman–Crippen LogP) is 20.6. The van der Waals surface area contributed by atoms with Gasteiger partial charge in [-0.15, -0.1) is 0 Å². The van der Waals surface area contributed by atoms with Gasteiger partial charge in [0.25, 0.3) is 0 Å². The first-order valence-electron chi connectivity index (χ1n) is 26.7. The molecule has 10 rings (SSSR count). The van der Waals surface area contributed by atoms with Gasteiger partial charge in [-0.25, -0.2) is 0 Å². The molecule has 0 aromatic heterocycles. The van der Waals surface area contributed by atoms with Crippen LogP contribution in [-0.2, 0) is 0 Å². The van der Waals surface area contributed by atoms with E-state index in [1.165, 1.54) is 61.2 Å². The Bertz CT molecular complexity index is 3450. The maximum Gasteiger partial charge on any atom is 0.0671 e. The fraction of sp³-hybridized carbons (Fsp3) is 0.0800. The number of hydrogen-bond acceptors (Lipinski definition) is 2. The topological polar surface area (TPSA) is 38.4 Å². The molecule has 0 amide bonds. The van der Waals surface area contributed by atoms with E-state index >= 15 is 0 Å². The number of anilines is 1. The Morgan fingerprint density at radius 3 is 1.30 bits per heavy atom. The maximum absolute atomic E-state index is 5.90. The lowest BCUT2D eigenvalue weighted by atomic mass is 9.90. The molecule has 1 unspecified atom stereocenters. The molecule has 0 heterocycles. The SMILES string of the molecule is C=C/C=C(\C=C/C)c1cccc(-c2ccccc2)c1.CCCC(/C=C(\N=C(C)c1ccccc1)c1ccc(-c2ccc(N)cc2)cc1)c1ccc(-c2ccccc2)cc1.c1ccc(-c2cccc(-c3ccccc3)c2)cc1. The molecule has 2 nitrogen and oxygen atoms in total. The number of aliphatic imine (C=N–C) groups is 1. The van der Waals surface area contributed by atoms with E-state index in [-0.39, 0.29) is 5.92 Å². The first-order chi connectivity index (χ1) is 37.9. The van der Waals surface area contributed by atoms with Gasteiger partial charge >= 0.3 is 0 Å². The second-order valence-corrected chi connectivity index (χ2v) is 18.8. The van der Waals surface area contributed by atoms with Crippen molar-refractivity contribution in [3.05, 3.63) is 332 Å². The number of benzene rings is 10. The van der Waals surface area contributed by atoms with Crippen molar-refractivity contribution in [2.45, 2.75) is 39.5 Å². The van der Waals surface area contributed by atoms with Crippen LogP contribution in [0.1, 0.15) is 61.8 Å². The molecule has 0 spiro atoms. The first kappa shape index (κ1) is 53.9. The first-order valence-corrected chi connectivity index (χ1v) is 26.7. The number of nitrogens with two attached hydrogens (primary N) is 1. The van der Waals surface area contributed by atoms with Crippen molar-refractivity contribution in [3.8, 4) is 55.6 Å². The summed E-state index contributed by atoms with van der Waals surface area (Å²) in [5.41, 5.74) is 26.9. The molecular weight excluding hydrogens is 929 g/mol. The Morgan fingerprint density at radius 2 is 0.831 bits per heavy atom. The Balaban J connectivity index is 0.000000175. The molecule has 2 heteroatoms. The second kappa shape index (κ2) is 28.3. The van der Waals surface area contributed by atoms with E-state index in [0.29, 0.717) is 0 Å². The van der Waals surface area contributed by atoms with Crippen molar-refractivity contribution in [2.24, 2.45) is 4.99 Å². The van der Waals surface area contributed by atoms with Crippen molar-refractivity contribution in [3.63, 3.8) is 0 Å². The van der Waals surface area contributed by atoms with Gasteiger partial charge in [-0.05, 0) is 128 Å². The molecule has 0 aliphatic carbocycles. The Labute approximate surface area is 458 Å². The summed E-state index contributed by atoms with van der Waals surface area (Å²) in [7, 11) is 0. The van der Waals surface area contributed by atoms with Crippen LogP contribution in [0.2, 0.25) is 0 Å². The van der Waals surface area contributed by atoms with Gasteiger partial charge in [-0.1, -0.05) is 299 Å². The third kappa shape index (κ3) is 15.6. The van der Waals surface area contributed by atoms with Crippen LogP contribution in [0.4, 0.5) is 5.69 Å². The Hall–Kier alpha value is -9.37. The summed E-state index contributed by atoms with van der Waals surface area (Å²) < 4.78 is 0. The highest BCUT2D eigenvalue weighted by Crippen LogP contribution is 2.33. The average molecular weight is 997 g/mol. The molecule has 0 fully saturated rings. The average Bonchev–Trinajstić information content (AvgIpc) is 3.50. The number of nitrogens with zero attached hydrogens (tertiary/aromatic N) is 1. The molecular formula is C75H68N2. The van der Waals surface area contributed by atoms with Crippen LogP contribution in [-0.4, -0.2) is 5.71 Å². The quantitative estimate of drug-likeness (QED) is 0.0620. The summed E-state index contributed by atoms with van der Waals surface area (Å²) in [5, 5.41) is 0. The van der Waals surface area contributed by atoms with Crippen LogP contribution in [0.15, 0.2) is 315 Å². The molecule has 0 radical (unpaired) electrons. The molecule has 0 bridgehead atoms. The van der Waals surface area contributed by atoms with Crippen LogP contribution in [0.5, 0.6) is 0 Å². The van der Waals surface area contributed by atoms with Crippen LogP contribution in [0.3, 0.4) is 0 Å². The third-order valence-electron chi connectivity index (χ3n) is 13.3. The second-order valence-electron chi connectivity index (χ2n) is 18.8. The lowest BCUT2D eigenvalue weighted by Crippen LogP contribution is -1.99. The normalized spacial score (nSPS) is 11.9. The van der Waals surface area contributed by atoms with E-state index in [9.17, 15) is 0 Å². The summed E-state index contributed by atoms with van der Waals surface area (Å²) in [5.74, 6) is 0.258. The molecule has 378 valence electrons. The van der Waals surface area contributed by atoms with Crippen molar-refractivity contribution in [2.75, 3.05) is 5.73 Å². The van der Waals surface area contributed by atoms with E-state index in [1.54, 1.807) is 0 Å². The Kier molecular flexibility index (Phi) is 19.8. The zero-order valence-corrected chi connectivity index (χ0v) is 44.6. The monoisotopic (exact) mass is 997 g/mol. The minimum Gasteiger partial charge on any atom is -0.399 e. The molecule has 10 aromatic rings. The number of rotatable bonds is 15. The van der Waals surface area contributed by atoms with Crippen LogP contribution < -0.4 is 5.73 Å². The summed E-state index contributed by atoms with van der Waals surface area (Å²) in [6, 6.07) is 95.3. The third-order valence-corrected chi connectivity index (χ3v) is 13.3. The fourth-order valence-corrected chi connectivity index (χ4v) is 9.24. The zero-order chi connectivity index (χ0) is 53.4. The maximum atomic E-state index is 5.90. The van der Waals surface area contributed by atoms with Crippen LogP contribution in [0, 0.1) is 0 Å². The summed E-state index contributed by atoms with van der Waals surface area (Å²) in [4.78, 5) is 5.20. The van der Waals surface area contributed by atoms with Crippen molar-refractivity contribution in [1.29, 1.82) is 0 Å². The Morgan fingerprint density at radius 1 is 0.442 bits per heavy atom.